The summed E-state index contributed by atoms with van der Waals surface area (Å²) in [6, 6.07) is 7.99. The van der Waals surface area contributed by atoms with E-state index in [2.05, 4.69) is 19.9 Å². The van der Waals surface area contributed by atoms with Crippen LogP contribution in [-0.2, 0) is 29.8 Å². The first-order chi connectivity index (χ1) is 15.5. The van der Waals surface area contributed by atoms with Gasteiger partial charge in [0.15, 0.2) is 12.4 Å². The number of hydrogen-bond donors (Lipinski definition) is 0. The lowest BCUT2D eigenvalue weighted by molar-refractivity contribution is -0.647. The maximum absolute atomic E-state index is 6.63. The highest BCUT2D eigenvalue weighted by Gasteiger charge is 2.78. The summed E-state index contributed by atoms with van der Waals surface area (Å²) in [4.78, 5) is 12.0. The van der Waals surface area contributed by atoms with Gasteiger partial charge in [-0.15, -0.1) is 0 Å². The summed E-state index contributed by atoms with van der Waals surface area (Å²) in [6.45, 7) is 8.17. The van der Waals surface area contributed by atoms with Gasteiger partial charge in [0.1, 0.15) is 5.75 Å². The van der Waals surface area contributed by atoms with E-state index in [1.165, 1.54) is 6.42 Å². The van der Waals surface area contributed by atoms with Gasteiger partial charge in [0.25, 0.3) is 5.79 Å². The normalized spacial score (nSPS) is 39.6. The standard InChI is InChI=1S/C26H38O6/c1-5-28-17-29-23-8-6-7-20(13-23)26(27-4)25(31-32-26)21-11-19-12-22(25)16-24(14-19,15-21)30-10-9-18(2)3/h6-8,13,18-19,21-22H,5,9-12,14-17H2,1-4H3. The van der Waals surface area contributed by atoms with Crippen molar-refractivity contribution < 1.29 is 28.7 Å². The largest absolute Gasteiger partial charge is 0.468 e. The molecule has 32 heavy (non-hydrogen) atoms. The molecule has 178 valence electrons. The lowest BCUT2D eigenvalue weighted by Gasteiger charge is -2.70. The molecule has 0 N–H and O–H groups in total. The van der Waals surface area contributed by atoms with E-state index >= 15 is 0 Å². The first kappa shape index (κ1) is 22.6. The molecule has 0 amide bonds. The van der Waals surface area contributed by atoms with E-state index in [4.69, 9.17) is 28.7 Å². The quantitative estimate of drug-likeness (QED) is 0.280. The fraction of sp³-hybridized carbons (Fsp3) is 0.769. The minimum absolute atomic E-state index is 0.00246. The van der Waals surface area contributed by atoms with Gasteiger partial charge in [0.05, 0.1) is 5.60 Å². The molecule has 3 unspecified atom stereocenters. The first-order valence-corrected chi connectivity index (χ1v) is 12.3. The zero-order valence-electron chi connectivity index (χ0n) is 19.9. The highest BCUT2D eigenvalue weighted by Crippen LogP contribution is 2.70. The monoisotopic (exact) mass is 446 g/mol. The smallest absolute Gasteiger partial charge is 0.260 e. The van der Waals surface area contributed by atoms with E-state index in [1.807, 2.05) is 25.1 Å². The van der Waals surface area contributed by atoms with Gasteiger partial charge in [-0.2, -0.15) is 4.89 Å². The van der Waals surface area contributed by atoms with Crippen LogP contribution in [0.4, 0.5) is 0 Å². The Morgan fingerprint density at radius 2 is 1.88 bits per heavy atom. The Balaban J connectivity index is 1.40. The van der Waals surface area contributed by atoms with Crippen molar-refractivity contribution in [1.29, 1.82) is 0 Å². The second-order valence-corrected chi connectivity index (χ2v) is 10.6. The topological polar surface area (TPSA) is 55.4 Å². The molecular weight excluding hydrogens is 408 g/mol. The van der Waals surface area contributed by atoms with Gasteiger partial charge in [-0.25, -0.2) is 4.89 Å². The van der Waals surface area contributed by atoms with Crippen molar-refractivity contribution >= 4 is 0 Å². The van der Waals surface area contributed by atoms with E-state index < -0.39 is 11.4 Å². The number of benzene rings is 1. The van der Waals surface area contributed by atoms with Crippen LogP contribution < -0.4 is 4.74 Å². The molecule has 1 aliphatic heterocycles. The van der Waals surface area contributed by atoms with Crippen molar-refractivity contribution in [2.45, 2.75) is 76.3 Å². The summed E-state index contributed by atoms with van der Waals surface area (Å²) in [5, 5.41) is 0. The Kier molecular flexibility index (Phi) is 6.04. The fourth-order valence-electron chi connectivity index (χ4n) is 7.04. The van der Waals surface area contributed by atoms with Gasteiger partial charge in [-0.3, -0.25) is 0 Å². The second kappa shape index (κ2) is 8.55. The number of ether oxygens (including phenoxy) is 4. The summed E-state index contributed by atoms with van der Waals surface area (Å²) >= 11 is 0. The molecule has 4 bridgehead atoms. The second-order valence-electron chi connectivity index (χ2n) is 10.6. The maximum atomic E-state index is 6.63. The van der Waals surface area contributed by atoms with E-state index in [0.717, 1.165) is 50.0 Å². The first-order valence-electron chi connectivity index (χ1n) is 12.3. The van der Waals surface area contributed by atoms with Crippen molar-refractivity contribution in [2.75, 3.05) is 27.1 Å². The van der Waals surface area contributed by atoms with Gasteiger partial charge in [-0.1, -0.05) is 26.0 Å². The zero-order valence-corrected chi connectivity index (χ0v) is 19.9. The fourth-order valence-corrected chi connectivity index (χ4v) is 7.04. The van der Waals surface area contributed by atoms with Crippen LogP contribution in [0, 0.1) is 23.7 Å². The lowest BCUT2D eigenvalue weighted by Crippen LogP contribution is -2.78. The molecule has 1 aromatic rings. The highest BCUT2D eigenvalue weighted by atomic mass is 17.3. The molecule has 1 spiro atoms. The van der Waals surface area contributed by atoms with Crippen molar-refractivity contribution in [3.8, 4) is 5.75 Å². The van der Waals surface area contributed by atoms with Crippen LogP contribution in [0.1, 0.15) is 64.9 Å². The molecule has 4 saturated carbocycles. The molecule has 1 heterocycles. The number of rotatable bonds is 10. The van der Waals surface area contributed by atoms with Crippen molar-refractivity contribution in [1.82, 2.24) is 0 Å². The Hall–Kier alpha value is -1.18. The Morgan fingerprint density at radius 3 is 2.50 bits per heavy atom. The molecule has 0 radical (unpaired) electrons. The van der Waals surface area contributed by atoms with Crippen LogP contribution >= 0.6 is 0 Å². The highest BCUT2D eigenvalue weighted by molar-refractivity contribution is 5.36. The van der Waals surface area contributed by atoms with Gasteiger partial charge in [-0.05, 0) is 69.4 Å². The minimum Gasteiger partial charge on any atom is -0.468 e. The molecule has 5 aliphatic rings. The van der Waals surface area contributed by atoms with E-state index in [1.54, 1.807) is 7.11 Å². The van der Waals surface area contributed by atoms with Gasteiger partial charge >= 0.3 is 0 Å². The van der Waals surface area contributed by atoms with Crippen molar-refractivity contribution in [2.24, 2.45) is 23.7 Å². The number of methoxy groups -OCH3 is 1. The van der Waals surface area contributed by atoms with E-state index in [0.29, 0.717) is 30.3 Å². The zero-order chi connectivity index (χ0) is 22.4. The summed E-state index contributed by atoms with van der Waals surface area (Å²) in [5.41, 5.74) is 0.474. The van der Waals surface area contributed by atoms with Crippen molar-refractivity contribution in [3.63, 3.8) is 0 Å². The molecule has 6 heteroatoms. The van der Waals surface area contributed by atoms with Gasteiger partial charge in [0.2, 0.25) is 0 Å². The molecule has 0 aromatic heterocycles. The van der Waals surface area contributed by atoms with Gasteiger partial charge in [0, 0.05) is 37.7 Å². The van der Waals surface area contributed by atoms with Crippen LogP contribution in [0.3, 0.4) is 0 Å². The van der Waals surface area contributed by atoms with Crippen LogP contribution in [0.2, 0.25) is 0 Å². The van der Waals surface area contributed by atoms with Gasteiger partial charge < -0.3 is 18.9 Å². The molecule has 1 aromatic carbocycles. The van der Waals surface area contributed by atoms with Crippen molar-refractivity contribution in [3.05, 3.63) is 29.8 Å². The van der Waals surface area contributed by atoms with Crippen LogP contribution in [-0.4, -0.2) is 38.3 Å². The molecule has 6 nitrogen and oxygen atoms in total. The Bertz CT molecular complexity index is 789. The molecule has 6 rings (SSSR count). The third-order valence-electron chi connectivity index (χ3n) is 8.28. The lowest BCUT2D eigenvalue weighted by atomic mass is 9.45. The number of hydrogen-bond acceptors (Lipinski definition) is 6. The van der Waals surface area contributed by atoms with Crippen LogP contribution in [0.25, 0.3) is 0 Å². The Labute approximate surface area is 191 Å². The Morgan fingerprint density at radius 1 is 1.09 bits per heavy atom. The van der Waals surface area contributed by atoms with Crippen LogP contribution in [0.15, 0.2) is 24.3 Å². The average molecular weight is 447 g/mol. The molecule has 1 saturated heterocycles. The summed E-state index contributed by atoms with van der Waals surface area (Å²) in [5.74, 6) is 1.91. The molecule has 3 atom stereocenters. The predicted molar refractivity (Wildman–Crippen MR) is 119 cm³/mol. The summed E-state index contributed by atoms with van der Waals surface area (Å²) in [6.07, 6.45) is 6.65. The molecular formula is C26H38O6. The molecule has 5 fully saturated rings. The minimum atomic E-state index is -0.917. The summed E-state index contributed by atoms with van der Waals surface area (Å²) < 4.78 is 23.9. The predicted octanol–water partition coefficient (Wildman–Crippen LogP) is 5.20. The maximum Gasteiger partial charge on any atom is 0.260 e. The average Bonchev–Trinajstić information content (AvgIpc) is 2.73. The van der Waals surface area contributed by atoms with E-state index in [-0.39, 0.29) is 12.4 Å². The SMILES string of the molecule is CCOCOc1cccc(C2(OC)OOC23C2CC4CC3CC(OCCC(C)C)(C4)C2)c1. The van der Waals surface area contributed by atoms with E-state index in [9.17, 15) is 0 Å². The third-order valence-corrected chi connectivity index (χ3v) is 8.28. The third kappa shape index (κ3) is 3.41. The molecule has 4 aliphatic carbocycles. The van der Waals surface area contributed by atoms with Crippen LogP contribution in [0.5, 0.6) is 5.75 Å². The summed E-state index contributed by atoms with van der Waals surface area (Å²) in [7, 11) is 1.73.